The first-order valence-corrected chi connectivity index (χ1v) is 10.1. The Bertz CT molecular complexity index is 761. The van der Waals surface area contributed by atoms with Gasteiger partial charge in [-0.25, -0.2) is 0 Å². The number of carbonyl (C=O) groups excluding carboxylic acids is 2. The van der Waals surface area contributed by atoms with Gasteiger partial charge in [0.15, 0.2) is 4.33 Å². The molecule has 3 nitrogen and oxygen atoms in total. The third-order valence-electron chi connectivity index (χ3n) is 6.88. The molecule has 0 radical (unpaired) electrons. The van der Waals surface area contributed by atoms with Crippen molar-refractivity contribution in [2.45, 2.75) is 14.1 Å². The van der Waals surface area contributed by atoms with Gasteiger partial charge in [0.05, 0.1) is 21.9 Å². The van der Waals surface area contributed by atoms with Crippen molar-refractivity contribution in [3.05, 3.63) is 22.2 Å². The lowest BCUT2D eigenvalue weighted by atomic mass is 9.51. The van der Waals surface area contributed by atoms with Crippen LogP contribution in [0.1, 0.15) is 0 Å². The van der Waals surface area contributed by atoms with Gasteiger partial charge in [0.25, 0.3) is 0 Å². The lowest BCUT2D eigenvalue weighted by Crippen LogP contribution is -2.56. The molecule has 134 valence electrons. The zero-order chi connectivity index (χ0) is 18.3. The molecular formula is C16H11Cl6NO2. The molecule has 0 aromatic rings. The Morgan fingerprint density at radius 1 is 0.840 bits per heavy atom. The van der Waals surface area contributed by atoms with Crippen LogP contribution >= 0.6 is 69.6 Å². The summed E-state index contributed by atoms with van der Waals surface area (Å²) in [4.78, 5) is 23.8. The van der Waals surface area contributed by atoms with Gasteiger partial charge in [0, 0.05) is 7.05 Å². The first-order chi connectivity index (χ1) is 11.5. The van der Waals surface area contributed by atoms with Gasteiger partial charge in [0.1, 0.15) is 9.75 Å². The van der Waals surface area contributed by atoms with E-state index in [0.717, 1.165) is 0 Å². The number of alkyl halides is 4. The minimum Gasteiger partial charge on any atom is -0.285 e. The first-order valence-electron chi connectivity index (χ1n) is 7.84. The molecule has 8 atom stereocenters. The molecule has 0 spiro atoms. The molecule has 2 saturated carbocycles. The smallest absolute Gasteiger partial charge is 0.233 e. The predicted octanol–water partition coefficient (Wildman–Crippen LogP) is 4.11. The van der Waals surface area contributed by atoms with Gasteiger partial charge < -0.3 is 0 Å². The van der Waals surface area contributed by atoms with Crippen LogP contribution in [0.15, 0.2) is 22.2 Å². The molecule has 0 N–H and O–H groups in total. The molecule has 0 unspecified atom stereocenters. The molecule has 9 heteroatoms. The minimum absolute atomic E-state index is 0.139. The molecule has 0 aromatic carbocycles. The molecule has 2 amide bonds. The minimum atomic E-state index is -1.65. The van der Waals surface area contributed by atoms with E-state index < -0.39 is 25.9 Å². The van der Waals surface area contributed by atoms with Crippen LogP contribution in [0.5, 0.6) is 0 Å². The van der Waals surface area contributed by atoms with Crippen molar-refractivity contribution in [2.75, 3.05) is 7.05 Å². The summed E-state index contributed by atoms with van der Waals surface area (Å²) in [6.07, 6.45) is 3.87. The Kier molecular flexibility index (Phi) is 3.26. The van der Waals surface area contributed by atoms with Crippen LogP contribution in [0.2, 0.25) is 0 Å². The SMILES string of the molecule is CN1C(=O)[C@@H]2[C@H]3C=C[C@@H]([C@@H]2C1=O)[C@H]1[C@@H]3[C@]2(Cl)C(Cl)=C(Cl)[C@@]1(Cl)C2(Cl)Cl. The topological polar surface area (TPSA) is 37.4 Å². The molecule has 1 heterocycles. The average Bonchev–Trinajstić information content (AvgIpc) is 2.95. The van der Waals surface area contributed by atoms with Crippen molar-refractivity contribution in [3.63, 3.8) is 0 Å². The standard InChI is InChI=1S/C16H11Cl6NO2/c1-23-12(24)6-4-2-3-5(7(6)13(23)25)9-8(4)14(19)10(17)11(18)15(9,20)16(14,21)22/h2-9H,1H3/t4-,5+,6-,7+,8-,9+,14+,15-. The van der Waals surface area contributed by atoms with Gasteiger partial charge >= 0.3 is 0 Å². The zero-order valence-electron chi connectivity index (χ0n) is 12.7. The van der Waals surface area contributed by atoms with Crippen LogP contribution in [-0.2, 0) is 9.59 Å². The largest absolute Gasteiger partial charge is 0.285 e. The van der Waals surface area contributed by atoms with Gasteiger partial charge in [-0.3, -0.25) is 14.5 Å². The van der Waals surface area contributed by atoms with E-state index in [2.05, 4.69) is 0 Å². The first kappa shape index (κ1) is 17.5. The van der Waals surface area contributed by atoms with Crippen molar-refractivity contribution in [3.8, 4) is 0 Å². The second-order valence-electron chi connectivity index (χ2n) is 7.50. The molecular weight excluding hydrogens is 451 g/mol. The zero-order valence-corrected chi connectivity index (χ0v) is 17.2. The van der Waals surface area contributed by atoms with E-state index in [1.165, 1.54) is 11.9 Å². The number of allylic oxidation sites excluding steroid dienone is 4. The summed E-state index contributed by atoms with van der Waals surface area (Å²) in [6.45, 7) is 0. The van der Waals surface area contributed by atoms with Gasteiger partial charge in [-0.1, -0.05) is 58.6 Å². The van der Waals surface area contributed by atoms with E-state index in [0.29, 0.717) is 0 Å². The van der Waals surface area contributed by atoms with Gasteiger partial charge in [0.2, 0.25) is 11.8 Å². The molecule has 5 aliphatic carbocycles. The molecule has 3 fully saturated rings. The number of rotatable bonds is 0. The predicted molar refractivity (Wildman–Crippen MR) is 98.2 cm³/mol. The molecule has 1 saturated heterocycles. The third kappa shape index (κ3) is 1.46. The number of carbonyl (C=O) groups is 2. The van der Waals surface area contributed by atoms with Crippen LogP contribution in [0, 0.1) is 35.5 Å². The molecule has 6 aliphatic rings. The van der Waals surface area contributed by atoms with Crippen LogP contribution in [0.25, 0.3) is 0 Å². The summed E-state index contributed by atoms with van der Waals surface area (Å²) >= 11 is 40.1. The number of hydrogen-bond acceptors (Lipinski definition) is 2. The van der Waals surface area contributed by atoms with Crippen LogP contribution in [0.4, 0.5) is 0 Å². The highest BCUT2D eigenvalue weighted by atomic mass is 35.5. The number of halogens is 6. The summed E-state index contributed by atoms with van der Waals surface area (Å²) in [5.41, 5.74) is 0. The van der Waals surface area contributed by atoms with E-state index in [1.807, 2.05) is 12.2 Å². The lowest BCUT2D eigenvalue weighted by Gasteiger charge is -2.53. The number of likely N-dealkylation sites (tertiary alicyclic amines) is 1. The highest BCUT2D eigenvalue weighted by Crippen LogP contribution is 2.81. The molecule has 1 aliphatic heterocycles. The van der Waals surface area contributed by atoms with E-state index in [9.17, 15) is 9.59 Å². The monoisotopic (exact) mass is 459 g/mol. The molecule has 4 bridgehead atoms. The second kappa shape index (κ2) is 4.67. The fourth-order valence-electron chi connectivity index (χ4n) is 5.93. The third-order valence-corrected chi connectivity index (χ3v) is 11.2. The van der Waals surface area contributed by atoms with Crippen molar-refractivity contribution >= 4 is 81.4 Å². The Morgan fingerprint density at radius 2 is 1.20 bits per heavy atom. The van der Waals surface area contributed by atoms with Crippen molar-refractivity contribution in [2.24, 2.45) is 35.5 Å². The fourth-order valence-corrected chi connectivity index (χ4v) is 9.03. The van der Waals surface area contributed by atoms with Crippen molar-refractivity contribution in [1.82, 2.24) is 4.90 Å². The number of nitrogens with zero attached hydrogens (tertiary/aromatic N) is 1. The number of amides is 2. The van der Waals surface area contributed by atoms with E-state index >= 15 is 0 Å². The Morgan fingerprint density at radius 3 is 1.56 bits per heavy atom. The highest BCUT2D eigenvalue weighted by molar-refractivity contribution is 6.65. The normalized spacial score (nSPS) is 54.6. The average molecular weight is 462 g/mol. The van der Waals surface area contributed by atoms with E-state index in [-0.39, 0.29) is 45.6 Å². The molecule has 6 rings (SSSR count). The van der Waals surface area contributed by atoms with Crippen LogP contribution in [0.3, 0.4) is 0 Å². The maximum atomic E-state index is 12.7. The molecule has 25 heavy (non-hydrogen) atoms. The number of hydrogen-bond donors (Lipinski definition) is 0. The Hall–Kier alpha value is 0.360. The Balaban J connectivity index is 1.78. The second-order valence-corrected chi connectivity index (χ2v) is 10.8. The van der Waals surface area contributed by atoms with Gasteiger partial charge in [-0.2, -0.15) is 0 Å². The quantitative estimate of drug-likeness (QED) is 0.309. The maximum Gasteiger partial charge on any atom is 0.233 e. The van der Waals surface area contributed by atoms with Crippen LogP contribution in [-0.4, -0.2) is 37.8 Å². The molecule has 0 aromatic heterocycles. The number of imide groups is 1. The van der Waals surface area contributed by atoms with Gasteiger partial charge in [-0.05, 0) is 23.7 Å². The maximum absolute atomic E-state index is 12.7. The summed E-state index contributed by atoms with van der Waals surface area (Å²) < 4.78 is -1.65. The summed E-state index contributed by atoms with van der Waals surface area (Å²) in [7, 11) is 1.51. The van der Waals surface area contributed by atoms with E-state index in [1.54, 1.807) is 0 Å². The summed E-state index contributed by atoms with van der Waals surface area (Å²) in [6, 6.07) is 0. The van der Waals surface area contributed by atoms with Crippen molar-refractivity contribution in [1.29, 1.82) is 0 Å². The number of fused-ring (bicyclic) bond motifs is 2. The lowest BCUT2D eigenvalue weighted by molar-refractivity contribution is -0.138. The van der Waals surface area contributed by atoms with E-state index in [4.69, 9.17) is 69.6 Å². The van der Waals surface area contributed by atoms with Crippen molar-refractivity contribution < 1.29 is 9.59 Å². The fraction of sp³-hybridized carbons (Fsp3) is 0.625. The van der Waals surface area contributed by atoms with Gasteiger partial charge in [-0.15, -0.1) is 23.2 Å². The van der Waals surface area contributed by atoms with Crippen LogP contribution < -0.4 is 0 Å². The summed E-state index contributed by atoms with van der Waals surface area (Å²) in [5.74, 6) is -2.80. The Labute approximate surface area is 174 Å². The highest BCUT2D eigenvalue weighted by Gasteiger charge is 2.86. The summed E-state index contributed by atoms with van der Waals surface area (Å²) in [5, 5.41) is 0.277.